The van der Waals surface area contributed by atoms with Crippen LogP contribution in [0.2, 0.25) is 5.02 Å². The van der Waals surface area contributed by atoms with Crippen molar-refractivity contribution in [3.8, 4) is 0 Å². The van der Waals surface area contributed by atoms with Gasteiger partial charge in [-0.3, -0.25) is 9.59 Å². The molecular formula is C27H38ClN3O9. The number of benzene rings is 1. The third-order valence-electron chi connectivity index (χ3n) is 6.25. The van der Waals surface area contributed by atoms with Crippen molar-refractivity contribution in [1.82, 2.24) is 15.5 Å². The highest BCUT2D eigenvalue weighted by Crippen LogP contribution is 2.40. The highest BCUT2D eigenvalue weighted by Gasteiger charge is 2.45. The van der Waals surface area contributed by atoms with Crippen molar-refractivity contribution in [2.75, 3.05) is 19.9 Å². The van der Waals surface area contributed by atoms with Gasteiger partial charge >= 0.3 is 18.2 Å². The summed E-state index contributed by atoms with van der Waals surface area (Å²) >= 11 is 6.00. The van der Waals surface area contributed by atoms with Gasteiger partial charge in [0.25, 0.3) is 0 Å². The molecule has 3 N–H and O–H groups in total. The van der Waals surface area contributed by atoms with Gasteiger partial charge in [-0.05, 0) is 49.8 Å². The summed E-state index contributed by atoms with van der Waals surface area (Å²) in [6.07, 6.45) is -2.64. The molecule has 0 aliphatic carbocycles. The van der Waals surface area contributed by atoms with E-state index in [9.17, 15) is 24.0 Å². The summed E-state index contributed by atoms with van der Waals surface area (Å²) in [5.41, 5.74) is -1.33. The standard InChI is InChI=1S/C27H38ClN3O9/c1-15(2)21(29-24(36)30-27(6,7)40-25(37)39-14-38-23(35)16(3)32)22(34)31-12-19(33)20(26(4,5)13-31)17-8-10-18(28)11-9-17/h8-11,15-16,20-21,32H,12-14H2,1-7H3,(H2,29,30,36). The fourth-order valence-electron chi connectivity index (χ4n) is 4.48. The first-order valence-electron chi connectivity index (χ1n) is 12.8. The van der Waals surface area contributed by atoms with Gasteiger partial charge in [-0.2, -0.15) is 0 Å². The third kappa shape index (κ3) is 9.09. The van der Waals surface area contributed by atoms with Gasteiger partial charge in [-0.15, -0.1) is 0 Å². The predicted molar refractivity (Wildman–Crippen MR) is 144 cm³/mol. The first-order chi connectivity index (χ1) is 18.4. The van der Waals surface area contributed by atoms with Crippen molar-refractivity contribution in [2.24, 2.45) is 11.3 Å². The number of rotatable bonds is 9. The molecule has 1 saturated heterocycles. The van der Waals surface area contributed by atoms with Gasteiger partial charge in [0.2, 0.25) is 12.7 Å². The van der Waals surface area contributed by atoms with E-state index in [-0.39, 0.29) is 24.8 Å². The Kier molecular flexibility index (Phi) is 10.9. The molecule has 0 bridgehead atoms. The van der Waals surface area contributed by atoms with Crippen molar-refractivity contribution in [3.63, 3.8) is 0 Å². The molecule has 3 atom stereocenters. The quantitative estimate of drug-likeness (QED) is 0.293. The highest BCUT2D eigenvalue weighted by atomic mass is 35.5. The zero-order valence-corrected chi connectivity index (χ0v) is 24.5. The van der Waals surface area contributed by atoms with E-state index in [0.29, 0.717) is 5.02 Å². The molecule has 1 aliphatic rings. The van der Waals surface area contributed by atoms with Crippen LogP contribution in [0.25, 0.3) is 0 Å². The Labute approximate surface area is 238 Å². The van der Waals surface area contributed by atoms with Crippen molar-refractivity contribution in [2.45, 2.75) is 72.3 Å². The minimum absolute atomic E-state index is 0.109. The Morgan fingerprint density at radius 3 is 2.25 bits per heavy atom. The summed E-state index contributed by atoms with van der Waals surface area (Å²) in [4.78, 5) is 64.1. The molecule has 3 amide bonds. The number of piperidine rings is 1. The molecule has 12 nitrogen and oxygen atoms in total. The number of carbonyl (C=O) groups excluding carboxylic acids is 5. The maximum Gasteiger partial charge on any atom is 0.513 e. The minimum Gasteiger partial charge on any atom is -0.426 e. The molecule has 1 heterocycles. The molecular weight excluding hydrogens is 546 g/mol. The number of halogens is 1. The van der Waals surface area contributed by atoms with Crippen molar-refractivity contribution < 1.29 is 43.3 Å². The van der Waals surface area contributed by atoms with E-state index in [0.717, 1.165) is 5.56 Å². The fraction of sp³-hybridized carbons (Fsp3) is 0.593. The molecule has 1 aromatic carbocycles. The van der Waals surface area contributed by atoms with Gasteiger partial charge in [-0.1, -0.05) is 51.4 Å². The normalized spacial score (nSPS) is 18.4. The third-order valence-corrected chi connectivity index (χ3v) is 6.51. The number of hydrogen-bond donors (Lipinski definition) is 3. The van der Waals surface area contributed by atoms with E-state index in [1.54, 1.807) is 26.0 Å². The summed E-state index contributed by atoms with van der Waals surface area (Å²) in [6.45, 7) is 10.6. The average molecular weight is 584 g/mol. The molecule has 13 heteroatoms. The van der Waals surface area contributed by atoms with Crippen LogP contribution in [0.4, 0.5) is 9.59 Å². The molecule has 0 saturated carbocycles. The van der Waals surface area contributed by atoms with Gasteiger partial charge in [-0.25, -0.2) is 14.4 Å². The van der Waals surface area contributed by atoms with Gasteiger partial charge < -0.3 is 34.9 Å². The largest absolute Gasteiger partial charge is 0.513 e. The number of carbonyl (C=O) groups is 5. The Morgan fingerprint density at radius 2 is 1.73 bits per heavy atom. The lowest BCUT2D eigenvalue weighted by Crippen LogP contribution is -2.60. The Morgan fingerprint density at radius 1 is 1.12 bits per heavy atom. The van der Waals surface area contributed by atoms with E-state index in [1.807, 2.05) is 26.0 Å². The second kappa shape index (κ2) is 13.3. The maximum atomic E-state index is 13.5. The number of hydrogen-bond acceptors (Lipinski definition) is 9. The second-order valence-electron chi connectivity index (χ2n) is 11.2. The van der Waals surface area contributed by atoms with Gasteiger partial charge in [0.15, 0.2) is 11.5 Å². The number of amides is 3. The topological polar surface area (TPSA) is 161 Å². The summed E-state index contributed by atoms with van der Waals surface area (Å²) in [7, 11) is 0. The van der Waals surface area contributed by atoms with Crippen LogP contribution in [0, 0.1) is 11.3 Å². The second-order valence-corrected chi connectivity index (χ2v) is 11.7. The zero-order chi connectivity index (χ0) is 30.4. The minimum atomic E-state index is -1.57. The number of urea groups is 1. The molecule has 0 radical (unpaired) electrons. The number of nitrogens with zero attached hydrogens (tertiary/aromatic N) is 1. The van der Waals surface area contributed by atoms with E-state index in [2.05, 4.69) is 20.1 Å². The van der Waals surface area contributed by atoms with Crippen LogP contribution in [0.15, 0.2) is 24.3 Å². The number of likely N-dealkylation sites (tertiary alicyclic amines) is 1. The highest BCUT2D eigenvalue weighted by molar-refractivity contribution is 6.30. The molecule has 3 unspecified atom stereocenters. The van der Waals surface area contributed by atoms with Gasteiger partial charge in [0.1, 0.15) is 12.1 Å². The summed E-state index contributed by atoms with van der Waals surface area (Å²) in [5, 5.41) is 14.7. The zero-order valence-electron chi connectivity index (χ0n) is 23.8. The summed E-state index contributed by atoms with van der Waals surface area (Å²) in [6, 6.07) is 5.31. The first-order valence-corrected chi connectivity index (χ1v) is 13.2. The Hall–Kier alpha value is -3.38. The van der Waals surface area contributed by atoms with E-state index < -0.39 is 60.1 Å². The number of esters is 1. The summed E-state index contributed by atoms with van der Waals surface area (Å²) < 4.78 is 14.2. The van der Waals surface area contributed by atoms with Crippen molar-refractivity contribution >= 4 is 41.4 Å². The molecule has 1 fully saturated rings. The number of ether oxygens (including phenoxy) is 3. The molecule has 0 spiro atoms. The SMILES string of the molecule is CC(O)C(=O)OCOC(=O)OC(C)(C)NC(=O)NC(C(=O)N1CC(=O)C(c2ccc(Cl)cc2)C(C)(C)C1)C(C)C. The Balaban J connectivity index is 2.01. The lowest BCUT2D eigenvalue weighted by Gasteiger charge is -2.44. The average Bonchev–Trinajstić information content (AvgIpc) is 2.81. The molecule has 40 heavy (non-hydrogen) atoms. The van der Waals surface area contributed by atoms with Crippen LogP contribution in [0.5, 0.6) is 0 Å². The number of Topliss-reactive ketones (excluding diaryl/α,β-unsaturated/α-hetero) is 1. The lowest BCUT2D eigenvalue weighted by atomic mass is 9.69. The molecule has 1 aromatic rings. The van der Waals surface area contributed by atoms with E-state index in [1.165, 1.54) is 25.7 Å². The monoisotopic (exact) mass is 583 g/mol. The van der Waals surface area contributed by atoms with Crippen LogP contribution >= 0.6 is 11.6 Å². The smallest absolute Gasteiger partial charge is 0.426 e. The first kappa shape index (κ1) is 32.8. The predicted octanol–water partition coefficient (Wildman–Crippen LogP) is 2.96. The van der Waals surface area contributed by atoms with Crippen LogP contribution in [0.1, 0.15) is 59.9 Å². The molecule has 1 aliphatic heterocycles. The number of nitrogens with one attached hydrogen (secondary N) is 2. The number of ketones is 1. The van der Waals surface area contributed by atoms with Crippen LogP contribution < -0.4 is 10.6 Å². The molecule has 222 valence electrons. The maximum absolute atomic E-state index is 13.5. The van der Waals surface area contributed by atoms with Crippen molar-refractivity contribution in [3.05, 3.63) is 34.9 Å². The fourth-order valence-corrected chi connectivity index (χ4v) is 4.61. The van der Waals surface area contributed by atoms with Gasteiger partial charge in [0, 0.05) is 11.6 Å². The number of aliphatic hydroxyl groups excluding tert-OH is 1. The van der Waals surface area contributed by atoms with Crippen molar-refractivity contribution in [1.29, 1.82) is 0 Å². The van der Waals surface area contributed by atoms with Crippen LogP contribution in [-0.2, 0) is 28.6 Å². The number of aliphatic hydroxyl groups is 1. The summed E-state index contributed by atoms with van der Waals surface area (Å²) in [5.74, 6) is -2.28. The molecule has 0 aromatic heterocycles. The van der Waals surface area contributed by atoms with Gasteiger partial charge in [0.05, 0.1) is 12.5 Å². The lowest BCUT2D eigenvalue weighted by molar-refractivity contribution is -0.163. The van der Waals surface area contributed by atoms with Crippen LogP contribution in [-0.4, -0.2) is 77.6 Å². The van der Waals surface area contributed by atoms with Crippen LogP contribution in [0.3, 0.4) is 0 Å². The van der Waals surface area contributed by atoms with E-state index in [4.69, 9.17) is 21.4 Å². The molecule has 2 rings (SSSR count). The van der Waals surface area contributed by atoms with E-state index >= 15 is 0 Å². The Bertz CT molecular complexity index is 1100.